The molecule has 0 saturated heterocycles. The maximum absolute atomic E-state index is 11.0. The molecule has 2 aromatic carbocycles. The van der Waals surface area contributed by atoms with Gasteiger partial charge in [0.2, 0.25) is 5.91 Å². The molecule has 0 aromatic heterocycles. The molecule has 0 unspecified atom stereocenters. The van der Waals surface area contributed by atoms with E-state index in [0.29, 0.717) is 17.5 Å². The van der Waals surface area contributed by atoms with Gasteiger partial charge < -0.3 is 15.9 Å². The van der Waals surface area contributed by atoms with Gasteiger partial charge >= 0.3 is 5.97 Å². The molecule has 21 heavy (non-hydrogen) atoms. The monoisotopic (exact) mass is 287 g/mol. The highest BCUT2D eigenvalue weighted by molar-refractivity contribution is 5.97. The van der Waals surface area contributed by atoms with Gasteiger partial charge in [-0.15, -0.1) is 0 Å². The lowest BCUT2D eigenvalue weighted by Crippen LogP contribution is -2.06. The molecule has 5 heteroatoms. The average molecular weight is 287 g/mol. The molecule has 0 aliphatic heterocycles. The molecule has 4 N–H and O–H groups in total. The van der Waals surface area contributed by atoms with Crippen molar-refractivity contribution in [3.63, 3.8) is 0 Å². The molecule has 0 bridgehead atoms. The van der Waals surface area contributed by atoms with Gasteiger partial charge in [-0.05, 0) is 17.7 Å². The van der Waals surface area contributed by atoms with Crippen molar-refractivity contribution in [2.45, 2.75) is 13.3 Å². The molecule has 2 aromatic rings. The van der Waals surface area contributed by atoms with E-state index in [0.717, 1.165) is 0 Å². The van der Waals surface area contributed by atoms with Gasteiger partial charge in [0.05, 0.1) is 5.56 Å². The van der Waals surface area contributed by atoms with Crippen LogP contribution in [-0.2, 0) is 4.79 Å². The van der Waals surface area contributed by atoms with Gasteiger partial charge in [0.25, 0.3) is 0 Å². The first kappa shape index (κ1) is 16.2. The molecule has 0 heterocycles. The Balaban J connectivity index is 0.000000383. The Labute approximate surface area is 122 Å². The highest BCUT2D eigenvalue weighted by Gasteiger charge is 2.14. The second-order valence-electron chi connectivity index (χ2n) is 4.19. The number of benzene rings is 2. The molecule has 2 rings (SSSR count). The molecular formula is C16H17NO4. The highest BCUT2D eigenvalue weighted by Crippen LogP contribution is 2.32. The average Bonchev–Trinajstić information content (AvgIpc) is 2.48. The largest absolute Gasteiger partial charge is 0.507 e. The molecule has 0 radical (unpaired) electrons. The molecule has 0 aliphatic carbocycles. The lowest BCUT2D eigenvalue weighted by atomic mass is 9.99. The van der Waals surface area contributed by atoms with E-state index in [-0.39, 0.29) is 17.2 Å². The van der Waals surface area contributed by atoms with Crippen LogP contribution in [0, 0.1) is 0 Å². The van der Waals surface area contributed by atoms with E-state index in [9.17, 15) is 14.7 Å². The normalized spacial score (nSPS) is 9.38. The summed E-state index contributed by atoms with van der Waals surface area (Å²) in [5.74, 6) is -1.31. The van der Waals surface area contributed by atoms with Crippen LogP contribution in [-0.4, -0.2) is 22.1 Å². The Kier molecular flexibility index (Phi) is 5.95. The van der Waals surface area contributed by atoms with E-state index >= 15 is 0 Å². The Hall–Kier alpha value is -2.82. The minimum atomic E-state index is -1.05. The third-order valence-corrected chi connectivity index (χ3v) is 2.68. The summed E-state index contributed by atoms with van der Waals surface area (Å²) in [6.07, 6.45) is 0.444. The highest BCUT2D eigenvalue weighted by atomic mass is 16.4. The van der Waals surface area contributed by atoms with Crippen molar-refractivity contribution in [2.24, 2.45) is 5.73 Å². The van der Waals surface area contributed by atoms with Crippen LogP contribution in [0.5, 0.6) is 5.75 Å². The van der Waals surface area contributed by atoms with Crippen molar-refractivity contribution in [1.29, 1.82) is 0 Å². The minimum absolute atomic E-state index is 0.0221. The molecule has 110 valence electrons. The van der Waals surface area contributed by atoms with Crippen LogP contribution in [0.3, 0.4) is 0 Å². The van der Waals surface area contributed by atoms with Crippen molar-refractivity contribution < 1.29 is 19.8 Å². The topological polar surface area (TPSA) is 101 Å². The van der Waals surface area contributed by atoms with Crippen molar-refractivity contribution in [1.82, 2.24) is 0 Å². The first-order valence-corrected chi connectivity index (χ1v) is 6.36. The summed E-state index contributed by atoms with van der Waals surface area (Å²) < 4.78 is 0. The van der Waals surface area contributed by atoms with E-state index in [4.69, 9.17) is 5.11 Å². The number of carbonyl (C=O) groups excluding carboxylic acids is 1. The van der Waals surface area contributed by atoms with Gasteiger partial charge in [0, 0.05) is 12.0 Å². The maximum atomic E-state index is 11.0. The lowest BCUT2D eigenvalue weighted by Gasteiger charge is -2.08. The number of phenols is 1. The molecule has 0 aliphatic rings. The standard InChI is InChI=1S/C13H10O3.C3H7NO/c14-11-8-4-7-10(13(15)16)12(11)9-5-2-1-3-6-9;1-2-3(4)5/h1-8,14H,(H,15,16);2H2,1H3,(H2,4,5). The van der Waals surface area contributed by atoms with Gasteiger partial charge in [-0.1, -0.05) is 43.3 Å². The summed E-state index contributed by atoms with van der Waals surface area (Å²) in [5, 5.41) is 18.8. The minimum Gasteiger partial charge on any atom is -0.507 e. The zero-order valence-corrected chi connectivity index (χ0v) is 11.6. The summed E-state index contributed by atoms with van der Waals surface area (Å²) >= 11 is 0. The molecule has 5 nitrogen and oxygen atoms in total. The third-order valence-electron chi connectivity index (χ3n) is 2.68. The number of aromatic carboxylic acids is 1. The first-order valence-electron chi connectivity index (χ1n) is 6.36. The molecule has 0 fully saturated rings. The third kappa shape index (κ3) is 4.65. The maximum Gasteiger partial charge on any atom is 0.336 e. The fourth-order valence-electron chi connectivity index (χ4n) is 1.63. The number of amides is 1. The van der Waals surface area contributed by atoms with E-state index in [1.807, 2.05) is 6.07 Å². The van der Waals surface area contributed by atoms with Crippen LogP contribution in [0.4, 0.5) is 0 Å². The number of primary amides is 1. The number of rotatable bonds is 3. The summed E-state index contributed by atoms with van der Waals surface area (Å²) in [6.45, 7) is 1.72. The Morgan fingerprint density at radius 2 is 1.62 bits per heavy atom. The number of hydrogen-bond acceptors (Lipinski definition) is 3. The van der Waals surface area contributed by atoms with Crippen LogP contribution < -0.4 is 5.73 Å². The summed E-state index contributed by atoms with van der Waals surface area (Å²) in [5.41, 5.74) is 5.81. The van der Waals surface area contributed by atoms with Crippen molar-refractivity contribution >= 4 is 11.9 Å². The first-order chi connectivity index (χ1) is 9.97. The molecule has 1 amide bonds. The quantitative estimate of drug-likeness (QED) is 0.807. The number of nitrogens with two attached hydrogens (primary N) is 1. The summed E-state index contributed by atoms with van der Waals surface area (Å²) in [6, 6.07) is 13.4. The predicted molar refractivity (Wildman–Crippen MR) is 80.0 cm³/mol. The van der Waals surface area contributed by atoms with Gasteiger partial charge in [0.1, 0.15) is 5.75 Å². The fourth-order valence-corrected chi connectivity index (χ4v) is 1.63. The predicted octanol–water partition coefficient (Wildman–Crippen LogP) is 2.64. The number of carboxylic acid groups (broad SMARTS) is 1. The van der Waals surface area contributed by atoms with Crippen LogP contribution in [0.2, 0.25) is 0 Å². The Morgan fingerprint density at radius 3 is 2.10 bits per heavy atom. The zero-order chi connectivity index (χ0) is 15.8. The smallest absolute Gasteiger partial charge is 0.336 e. The van der Waals surface area contributed by atoms with E-state index < -0.39 is 5.97 Å². The summed E-state index contributed by atoms with van der Waals surface area (Å²) in [7, 11) is 0. The number of aromatic hydroxyl groups is 1. The van der Waals surface area contributed by atoms with Crippen molar-refractivity contribution in [3.05, 3.63) is 54.1 Å². The SMILES string of the molecule is CCC(N)=O.O=C(O)c1cccc(O)c1-c1ccccc1. The van der Waals surface area contributed by atoms with Crippen LogP contribution in [0.15, 0.2) is 48.5 Å². The van der Waals surface area contributed by atoms with E-state index in [2.05, 4.69) is 5.73 Å². The van der Waals surface area contributed by atoms with Gasteiger partial charge in [0.15, 0.2) is 0 Å². The number of carboxylic acids is 1. The van der Waals surface area contributed by atoms with Gasteiger partial charge in [-0.2, -0.15) is 0 Å². The van der Waals surface area contributed by atoms with Crippen LogP contribution >= 0.6 is 0 Å². The molecule has 0 saturated carbocycles. The van der Waals surface area contributed by atoms with Gasteiger partial charge in [-0.25, -0.2) is 4.79 Å². The number of carbonyl (C=O) groups is 2. The van der Waals surface area contributed by atoms with Crippen LogP contribution in [0.25, 0.3) is 11.1 Å². The Bertz CT molecular complexity index is 623. The van der Waals surface area contributed by atoms with Crippen molar-refractivity contribution in [2.75, 3.05) is 0 Å². The second kappa shape index (κ2) is 7.69. The fraction of sp³-hybridized carbons (Fsp3) is 0.125. The van der Waals surface area contributed by atoms with Crippen molar-refractivity contribution in [3.8, 4) is 16.9 Å². The van der Waals surface area contributed by atoms with E-state index in [1.54, 1.807) is 31.2 Å². The molecule has 0 atom stereocenters. The number of hydrogen-bond donors (Lipinski definition) is 3. The zero-order valence-electron chi connectivity index (χ0n) is 11.6. The second-order valence-corrected chi connectivity index (χ2v) is 4.19. The van der Waals surface area contributed by atoms with E-state index in [1.165, 1.54) is 18.2 Å². The van der Waals surface area contributed by atoms with Gasteiger partial charge in [-0.3, -0.25) is 4.79 Å². The van der Waals surface area contributed by atoms with Crippen LogP contribution in [0.1, 0.15) is 23.7 Å². The Morgan fingerprint density at radius 1 is 1.05 bits per heavy atom. The summed E-state index contributed by atoms with van der Waals surface area (Å²) in [4.78, 5) is 20.6. The molecular weight excluding hydrogens is 270 g/mol. The number of phenolic OH excluding ortho intramolecular Hbond substituents is 1. The lowest BCUT2D eigenvalue weighted by molar-refractivity contribution is -0.117. The molecule has 0 spiro atoms.